The summed E-state index contributed by atoms with van der Waals surface area (Å²) >= 11 is 0. The molecule has 1 saturated carbocycles. The van der Waals surface area contributed by atoms with E-state index in [9.17, 15) is 0 Å². The highest BCUT2D eigenvalue weighted by Crippen LogP contribution is 2.13. The molecular formula is C5H12N+. The van der Waals surface area contributed by atoms with Crippen LogP contribution in [0.4, 0.5) is 0 Å². The lowest BCUT2D eigenvalue weighted by Crippen LogP contribution is -3.07. The Labute approximate surface area is 39.0 Å². The molecule has 1 fully saturated rings. The minimum atomic E-state index is 1.02. The lowest BCUT2D eigenvalue weighted by atomic mass is 10.6. The van der Waals surface area contributed by atoms with Gasteiger partial charge in [0.25, 0.3) is 0 Å². The molecule has 1 nitrogen and oxygen atoms in total. The largest absolute Gasteiger partial charge is 0.337 e. The zero-order chi connectivity index (χ0) is 4.57. The quantitative estimate of drug-likeness (QED) is 0.430. The van der Waals surface area contributed by atoms with Crippen LogP contribution in [-0.2, 0) is 0 Å². The lowest BCUT2D eigenvalue weighted by Gasteiger charge is -2.00. The van der Waals surface area contributed by atoms with E-state index in [1.165, 1.54) is 12.8 Å². The monoisotopic (exact) mass is 86.1 g/mol. The van der Waals surface area contributed by atoms with Crippen LogP contribution in [0.25, 0.3) is 0 Å². The van der Waals surface area contributed by atoms with Crippen LogP contribution in [0.1, 0.15) is 12.8 Å². The van der Waals surface area contributed by atoms with Crippen LogP contribution in [0.15, 0.2) is 0 Å². The SMILES string of the molecule is C[NH+](C)C1CC1. The van der Waals surface area contributed by atoms with Crippen LogP contribution in [0.5, 0.6) is 0 Å². The van der Waals surface area contributed by atoms with Gasteiger partial charge in [0, 0.05) is 12.8 Å². The van der Waals surface area contributed by atoms with E-state index >= 15 is 0 Å². The fourth-order valence-corrected chi connectivity index (χ4v) is 0.661. The Morgan fingerprint density at radius 1 is 1.33 bits per heavy atom. The molecule has 0 saturated heterocycles. The fourth-order valence-electron chi connectivity index (χ4n) is 0.661. The first-order valence-electron chi connectivity index (χ1n) is 2.61. The molecule has 0 heterocycles. The predicted octanol–water partition coefficient (Wildman–Crippen LogP) is -0.707. The number of hydrogen-bond acceptors (Lipinski definition) is 0. The molecule has 0 aromatic carbocycles. The van der Waals surface area contributed by atoms with E-state index in [1.807, 2.05) is 0 Å². The van der Waals surface area contributed by atoms with Crippen molar-refractivity contribution in [2.24, 2.45) is 0 Å². The molecule has 6 heavy (non-hydrogen) atoms. The van der Waals surface area contributed by atoms with Gasteiger partial charge in [0.2, 0.25) is 0 Å². The highest BCUT2D eigenvalue weighted by Gasteiger charge is 2.27. The van der Waals surface area contributed by atoms with Crippen LogP contribution in [0.2, 0.25) is 0 Å². The van der Waals surface area contributed by atoms with Crippen molar-refractivity contribution in [1.29, 1.82) is 0 Å². The molecule has 1 rings (SSSR count). The van der Waals surface area contributed by atoms with Crippen LogP contribution in [-0.4, -0.2) is 20.1 Å². The molecule has 0 amide bonds. The third-order valence-electron chi connectivity index (χ3n) is 1.39. The molecule has 0 radical (unpaired) electrons. The van der Waals surface area contributed by atoms with Gasteiger partial charge in [-0.25, -0.2) is 0 Å². The van der Waals surface area contributed by atoms with E-state index in [4.69, 9.17) is 0 Å². The summed E-state index contributed by atoms with van der Waals surface area (Å²) in [5.41, 5.74) is 0. The second kappa shape index (κ2) is 1.23. The summed E-state index contributed by atoms with van der Waals surface area (Å²) in [6, 6.07) is 1.02. The van der Waals surface area contributed by atoms with Crippen molar-refractivity contribution < 1.29 is 4.90 Å². The standard InChI is InChI=1S/C5H11N/c1-6(2)5-3-4-5/h5H,3-4H2,1-2H3/p+1. The molecule has 0 unspecified atom stereocenters. The number of rotatable bonds is 1. The van der Waals surface area contributed by atoms with Gasteiger partial charge < -0.3 is 4.90 Å². The van der Waals surface area contributed by atoms with Crippen LogP contribution < -0.4 is 4.90 Å². The molecular weight excluding hydrogens is 74.1 g/mol. The molecule has 1 N–H and O–H groups in total. The summed E-state index contributed by atoms with van der Waals surface area (Å²) < 4.78 is 0. The van der Waals surface area contributed by atoms with Crippen molar-refractivity contribution in [3.05, 3.63) is 0 Å². The molecule has 0 aromatic heterocycles. The minimum Gasteiger partial charge on any atom is -0.337 e. The highest BCUT2D eigenvalue weighted by molar-refractivity contribution is 4.69. The normalized spacial score (nSPS) is 22.5. The van der Waals surface area contributed by atoms with E-state index in [0.29, 0.717) is 0 Å². The molecule has 0 atom stereocenters. The third kappa shape index (κ3) is 0.716. The Balaban J connectivity index is 2.13. The van der Waals surface area contributed by atoms with Gasteiger partial charge in [-0.3, -0.25) is 0 Å². The number of nitrogens with one attached hydrogen (secondary N) is 1. The summed E-state index contributed by atoms with van der Waals surface area (Å²) in [5.74, 6) is 0. The Kier molecular flexibility index (Phi) is 0.845. The first-order valence-corrected chi connectivity index (χ1v) is 2.61. The van der Waals surface area contributed by atoms with Crippen molar-refractivity contribution in [3.8, 4) is 0 Å². The first-order chi connectivity index (χ1) is 2.80. The summed E-state index contributed by atoms with van der Waals surface area (Å²) in [5, 5.41) is 0. The minimum absolute atomic E-state index is 1.02. The van der Waals surface area contributed by atoms with Crippen molar-refractivity contribution >= 4 is 0 Å². The van der Waals surface area contributed by atoms with E-state index < -0.39 is 0 Å². The second-order valence-corrected chi connectivity index (χ2v) is 2.35. The molecule has 1 aliphatic rings. The van der Waals surface area contributed by atoms with Gasteiger partial charge in [-0.05, 0) is 0 Å². The Bertz CT molecular complexity index is 45.9. The summed E-state index contributed by atoms with van der Waals surface area (Å²) in [7, 11) is 4.44. The van der Waals surface area contributed by atoms with Gasteiger partial charge in [0.15, 0.2) is 0 Å². The van der Waals surface area contributed by atoms with E-state index in [0.717, 1.165) is 6.04 Å². The summed E-state index contributed by atoms with van der Waals surface area (Å²) in [6.07, 6.45) is 2.92. The molecule has 1 heteroatoms. The summed E-state index contributed by atoms with van der Waals surface area (Å²) in [4.78, 5) is 1.62. The van der Waals surface area contributed by atoms with E-state index in [-0.39, 0.29) is 0 Å². The maximum atomic E-state index is 2.22. The average Bonchev–Trinajstić information content (AvgIpc) is 2.06. The Morgan fingerprint density at radius 2 is 1.83 bits per heavy atom. The van der Waals surface area contributed by atoms with Gasteiger partial charge in [-0.2, -0.15) is 0 Å². The third-order valence-corrected chi connectivity index (χ3v) is 1.39. The van der Waals surface area contributed by atoms with E-state index in [2.05, 4.69) is 14.1 Å². The van der Waals surface area contributed by atoms with Gasteiger partial charge in [-0.1, -0.05) is 0 Å². The first kappa shape index (κ1) is 4.13. The molecule has 36 valence electrons. The highest BCUT2D eigenvalue weighted by atomic mass is 15.1. The van der Waals surface area contributed by atoms with Crippen molar-refractivity contribution in [3.63, 3.8) is 0 Å². The van der Waals surface area contributed by atoms with Crippen LogP contribution in [0, 0.1) is 0 Å². The lowest BCUT2D eigenvalue weighted by molar-refractivity contribution is -0.870. The zero-order valence-corrected chi connectivity index (χ0v) is 4.49. The second-order valence-electron chi connectivity index (χ2n) is 2.35. The van der Waals surface area contributed by atoms with Crippen molar-refractivity contribution in [2.75, 3.05) is 14.1 Å². The summed E-state index contributed by atoms with van der Waals surface area (Å²) in [6.45, 7) is 0. The maximum absolute atomic E-state index is 2.22. The van der Waals surface area contributed by atoms with Crippen LogP contribution >= 0.6 is 0 Å². The molecule has 0 aromatic rings. The fraction of sp³-hybridized carbons (Fsp3) is 1.00. The van der Waals surface area contributed by atoms with Gasteiger partial charge >= 0.3 is 0 Å². The van der Waals surface area contributed by atoms with E-state index in [1.54, 1.807) is 4.90 Å². The average molecular weight is 86.2 g/mol. The Morgan fingerprint density at radius 3 is 1.83 bits per heavy atom. The number of hydrogen-bond donors (Lipinski definition) is 1. The van der Waals surface area contributed by atoms with Crippen molar-refractivity contribution in [1.82, 2.24) is 0 Å². The smallest absolute Gasteiger partial charge is 0.0875 e. The van der Waals surface area contributed by atoms with Gasteiger partial charge in [-0.15, -0.1) is 0 Å². The van der Waals surface area contributed by atoms with Crippen molar-refractivity contribution in [2.45, 2.75) is 18.9 Å². The molecule has 0 spiro atoms. The van der Waals surface area contributed by atoms with Gasteiger partial charge in [0.05, 0.1) is 20.1 Å². The maximum Gasteiger partial charge on any atom is 0.0875 e. The Hall–Kier alpha value is -0.0400. The zero-order valence-electron chi connectivity index (χ0n) is 4.49. The molecule has 1 aliphatic carbocycles. The molecule has 0 aliphatic heterocycles. The van der Waals surface area contributed by atoms with Gasteiger partial charge in [0.1, 0.15) is 0 Å². The predicted molar refractivity (Wildman–Crippen MR) is 25.8 cm³/mol. The number of quaternary nitrogens is 1. The van der Waals surface area contributed by atoms with Crippen LogP contribution in [0.3, 0.4) is 0 Å². The topological polar surface area (TPSA) is 4.44 Å². The molecule has 0 bridgehead atoms.